The van der Waals surface area contributed by atoms with Crippen molar-refractivity contribution in [2.75, 3.05) is 18.0 Å². The van der Waals surface area contributed by atoms with Gasteiger partial charge in [0.1, 0.15) is 11.4 Å². The topological polar surface area (TPSA) is 49.9 Å². The van der Waals surface area contributed by atoms with Crippen LogP contribution in [0.1, 0.15) is 24.6 Å². The molecule has 158 valence electrons. The molecule has 3 heterocycles. The summed E-state index contributed by atoms with van der Waals surface area (Å²) in [6.07, 6.45) is -2.97. The molecule has 1 saturated heterocycles. The molecule has 30 heavy (non-hydrogen) atoms. The van der Waals surface area contributed by atoms with Crippen molar-refractivity contribution >= 4 is 34.4 Å². The molecule has 2 aromatic rings. The average Bonchev–Trinajstić information content (AvgIpc) is 3.29. The van der Waals surface area contributed by atoms with Crippen LogP contribution in [0.4, 0.5) is 18.9 Å². The van der Waals surface area contributed by atoms with Gasteiger partial charge in [0.15, 0.2) is 0 Å². The van der Waals surface area contributed by atoms with Gasteiger partial charge in [-0.3, -0.25) is 9.59 Å². The zero-order valence-electron chi connectivity index (χ0n) is 16.1. The first-order valence-electron chi connectivity index (χ1n) is 9.52. The molecule has 2 aliphatic heterocycles. The molecule has 0 N–H and O–H groups in total. The van der Waals surface area contributed by atoms with E-state index < -0.39 is 23.9 Å². The number of nitrogens with zero attached hydrogens (tertiary/aromatic N) is 2. The van der Waals surface area contributed by atoms with Gasteiger partial charge in [0.05, 0.1) is 11.3 Å². The number of alkyl halides is 3. The fourth-order valence-corrected chi connectivity index (χ4v) is 4.48. The first-order valence-corrected chi connectivity index (χ1v) is 10.4. The maximum absolute atomic E-state index is 13.3. The number of thiophene rings is 1. The minimum absolute atomic E-state index is 0.203. The van der Waals surface area contributed by atoms with Crippen molar-refractivity contribution in [1.82, 2.24) is 4.90 Å². The molecule has 9 heteroatoms. The molecule has 2 aliphatic rings. The highest BCUT2D eigenvalue weighted by molar-refractivity contribution is 7.11. The lowest BCUT2D eigenvalue weighted by Crippen LogP contribution is -2.38. The van der Waals surface area contributed by atoms with Crippen molar-refractivity contribution in [3.8, 4) is 5.75 Å². The second-order valence-electron chi connectivity index (χ2n) is 7.36. The largest absolute Gasteiger partial charge is 0.573 e. The number of likely N-dealkylation sites (tertiary alicyclic amines) is 1. The zero-order chi connectivity index (χ0) is 21.5. The van der Waals surface area contributed by atoms with Crippen LogP contribution in [0.15, 0.2) is 47.5 Å². The Hall–Kier alpha value is -2.81. The van der Waals surface area contributed by atoms with E-state index in [4.69, 9.17) is 0 Å². The molecule has 0 atom stereocenters. The molecule has 4 rings (SSSR count). The molecular weight excluding hydrogens is 417 g/mol. The fraction of sp³-hybridized carbons (Fsp3) is 0.333. The highest BCUT2D eigenvalue weighted by Crippen LogP contribution is 2.38. The lowest BCUT2D eigenvalue weighted by atomic mass is 9.98. The van der Waals surface area contributed by atoms with E-state index in [0.717, 1.165) is 29.9 Å². The highest BCUT2D eigenvalue weighted by Gasteiger charge is 2.43. The van der Waals surface area contributed by atoms with Crippen LogP contribution in [0, 0.1) is 5.92 Å². The van der Waals surface area contributed by atoms with E-state index in [-0.39, 0.29) is 5.69 Å². The zero-order valence-corrected chi connectivity index (χ0v) is 16.9. The predicted octanol–water partition coefficient (Wildman–Crippen LogP) is 4.66. The minimum atomic E-state index is -4.81. The molecule has 0 unspecified atom stereocenters. The maximum Gasteiger partial charge on any atom is 0.573 e. The van der Waals surface area contributed by atoms with Crippen LogP contribution in [0.5, 0.6) is 5.75 Å². The molecule has 1 aromatic heterocycles. The molecule has 1 fully saturated rings. The second-order valence-corrected chi connectivity index (χ2v) is 8.31. The number of hydrogen-bond acceptors (Lipinski definition) is 5. The molecular formula is C21H19F3N2O3S. The molecule has 1 aromatic carbocycles. The van der Waals surface area contributed by atoms with Crippen molar-refractivity contribution < 1.29 is 27.5 Å². The Bertz CT molecular complexity index is 976. The summed E-state index contributed by atoms with van der Waals surface area (Å²) in [5, 5.41) is 1.84. The van der Waals surface area contributed by atoms with E-state index in [1.54, 1.807) is 6.07 Å². The number of halogens is 3. The number of anilines is 1. The molecule has 0 bridgehead atoms. The summed E-state index contributed by atoms with van der Waals surface area (Å²) in [6.45, 7) is 3.51. The summed E-state index contributed by atoms with van der Waals surface area (Å²) < 4.78 is 41.1. The number of piperidine rings is 1. The third-order valence-electron chi connectivity index (χ3n) is 5.26. The van der Waals surface area contributed by atoms with Crippen molar-refractivity contribution in [2.24, 2.45) is 5.92 Å². The molecule has 0 saturated carbocycles. The Balaban J connectivity index is 1.67. The van der Waals surface area contributed by atoms with E-state index in [1.807, 2.05) is 16.3 Å². The van der Waals surface area contributed by atoms with Gasteiger partial charge in [-0.1, -0.05) is 13.0 Å². The standard InChI is InChI=1S/C21H19F3N2O3S/c1-13-8-10-25(11-9-13)18-17(16-3-2-12-30-16)19(27)26(20(18)28)14-4-6-15(7-5-14)29-21(22,23)24/h2-7,12-13H,8-11H2,1H3. The number of carbonyl (C=O) groups excluding carboxylic acids is 2. The van der Waals surface area contributed by atoms with E-state index >= 15 is 0 Å². The van der Waals surface area contributed by atoms with E-state index in [9.17, 15) is 22.8 Å². The number of rotatable bonds is 4. The summed E-state index contributed by atoms with van der Waals surface area (Å²) >= 11 is 1.37. The number of ether oxygens (including phenoxy) is 1. The van der Waals surface area contributed by atoms with Crippen molar-refractivity contribution in [3.63, 3.8) is 0 Å². The number of benzene rings is 1. The Kier molecular flexibility index (Phi) is 5.31. The Labute approximate surface area is 175 Å². The summed E-state index contributed by atoms with van der Waals surface area (Å²) in [6, 6.07) is 8.35. The number of carbonyl (C=O) groups is 2. The van der Waals surface area contributed by atoms with Gasteiger partial charge in [-0.05, 0) is 54.5 Å². The normalized spacial score (nSPS) is 18.5. The van der Waals surface area contributed by atoms with Crippen LogP contribution in [0.3, 0.4) is 0 Å². The Morgan fingerprint density at radius 2 is 1.70 bits per heavy atom. The van der Waals surface area contributed by atoms with Gasteiger partial charge in [-0.2, -0.15) is 0 Å². The molecule has 5 nitrogen and oxygen atoms in total. The maximum atomic E-state index is 13.3. The lowest BCUT2D eigenvalue weighted by Gasteiger charge is -2.32. The van der Waals surface area contributed by atoms with Crippen LogP contribution in [0.2, 0.25) is 0 Å². The van der Waals surface area contributed by atoms with Gasteiger partial charge in [-0.15, -0.1) is 24.5 Å². The Morgan fingerprint density at radius 3 is 2.27 bits per heavy atom. The molecule has 0 aliphatic carbocycles. The van der Waals surface area contributed by atoms with Gasteiger partial charge in [0.2, 0.25) is 0 Å². The van der Waals surface area contributed by atoms with Crippen LogP contribution in [-0.4, -0.2) is 36.2 Å². The van der Waals surface area contributed by atoms with Crippen LogP contribution < -0.4 is 9.64 Å². The van der Waals surface area contributed by atoms with Gasteiger partial charge >= 0.3 is 6.36 Å². The second kappa shape index (κ2) is 7.79. The van der Waals surface area contributed by atoms with Crippen LogP contribution in [0.25, 0.3) is 5.57 Å². The smallest absolute Gasteiger partial charge is 0.406 e. The minimum Gasteiger partial charge on any atom is -0.406 e. The van der Waals surface area contributed by atoms with Crippen LogP contribution >= 0.6 is 11.3 Å². The van der Waals surface area contributed by atoms with E-state index in [0.29, 0.717) is 35.2 Å². The molecule has 2 amide bonds. The third kappa shape index (κ3) is 3.94. The van der Waals surface area contributed by atoms with Crippen molar-refractivity contribution in [1.29, 1.82) is 0 Å². The van der Waals surface area contributed by atoms with Crippen LogP contribution in [-0.2, 0) is 9.59 Å². The Morgan fingerprint density at radius 1 is 1.03 bits per heavy atom. The van der Waals surface area contributed by atoms with Crippen molar-refractivity contribution in [2.45, 2.75) is 26.1 Å². The monoisotopic (exact) mass is 436 g/mol. The van der Waals surface area contributed by atoms with Gasteiger partial charge < -0.3 is 9.64 Å². The highest BCUT2D eigenvalue weighted by atomic mass is 32.1. The van der Waals surface area contributed by atoms with E-state index in [1.165, 1.54) is 23.5 Å². The number of hydrogen-bond donors (Lipinski definition) is 0. The molecule has 0 spiro atoms. The van der Waals surface area contributed by atoms with Gasteiger partial charge in [0.25, 0.3) is 11.8 Å². The number of imide groups is 1. The fourth-order valence-electron chi connectivity index (χ4n) is 3.72. The summed E-state index contributed by atoms with van der Waals surface area (Å²) in [5.74, 6) is -0.790. The predicted molar refractivity (Wildman–Crippen MR) is 107 cm³/mol. The first-order chi connectivity index (χ1) is 14.2. The third-order valence-corrected chi connectivity index (χ3v) is 6.14. The lowest BCUT2D eigenvalue weighted by molar-refractivity contribution is -0.274. The molecule has 0 radical (unpaired) electrons. The first kappa shape index (κ1) is 20.5. The number of amides is 2. The summed E-state index contributed by atoms with van der Waals surface area (Å²) in [5.41, 5.74) is 0.916. The van der Waals surface area contributed by atoms with E-state index in [2.05, 4.69) is 11.7 Å². The van der Waals surface area contributed by atoms with Gasteiger partial charge in [0, 0.05) is 18.0 Å². The van der Waals surface area contributed by atoms with Crippen molar-refractivity contribution in [3.05, 3.63) is 52.4 Å². The SMILES string of the molecule is CC1CCN(C2=C(c3cccs3)C(=O)N(c3ccc(OC(F)(F)F)cc3)C2=O)CC1. The quantitative estimate of drug-likeness (QED) is 0.654. The summed E-state index contributed by atoms with van der Waals surface area (Å²) in [4.78, 5) is 30.3. The summed E-state index contributed by atoms with van der Waals surface area (Å²) in [7, 11) is 0. The van der Waals surface area contributed by atoms with Gasteiger partial charge in [-0.25, -0.2) is 4.90 Å². The average molecular weight is 436 g/mol.